The van der Waals surface area contributed by atoms with Gasteiger partial charge in [-0.3, -0.25) is 4.99 Å². The lowest BCUT2D eigenvalue weighted by Gasteiger charge is -2.37. The first-order chi connectivity index (χ1) is 13.2. The first kappa shape index (κ1) is 23.1. The number of aliphatic imine (C=N–C) groups is 1. The van der Waals surface area contributed by atoms with E-state index in [1.54, 1.807) is 0 Å². The van der Waals surface area contributed by atoms with E-state index in [9.17, 15) is 0 Å². The summed E-state index contributed by atoms with van der Waals surface area (Å²) >= 11 is 1.81. The summed E-state index contributed by atoms with van der Waals surface area (Å²) in [5, 5.41) is 13.9. The van der Waals surface area contributed by atoms with Gasteiger partial charge in [-0.15, -0.1) is 45.5 Å². The van der Waals surface area contributed by atoms with Gasteiger partial charge in [-0.05, 0) is 29.7 Å². The molecular formula is C20H33IN6S. The molecule has 2 aromatic heterocycles. The van der Waals surface area contributed by atoms with Crippen molar-refractivity contribution in [2.24, 2.45) is 16.8 Å². The van der Waals surface area contributed by atoms with Crippen molar-refractivity contribution in [2.75, 3.05) is 26.2 Å². The molecule has 28 heavy (non-hydrogen) atoms. The number of piperidine rings is 1. The Kier molecular flexibility index (Phi) is 9.70. The maximum Gasteiger partial charge on any atom is 0.194 e. The third-order valence-electron chi connectivity index (χ3n) is 5.02. The molecule has 3 heterocycles. The number of hydrogen-bond acceptors (Lipinski definition) is 4. The lowest BCUT2D eigenvalue weighted by atomic mass is 9.92. The summed E-state index contributed by atoms with van der Waals surface area (Å²) in [5.74, 6) is 3.51. The van der Waals surface area contributed by atoms with Crippen molar-refractivity contribution >= 4 is 41.3 Å². The van der Waals surface area contributed by atoms with Crippen molar-refractivity contribution in [3.63, 3.8) is 0 Å². The van der Waals surface area contributed by atoms with Gasteiger partial charge in [0.25, 0.3) is 0 Å². The number of rotatable bonds is 7. The van der Waals surface area contributed by atoms with E-state index in [2.05, 4.69) is 63.3 Å². The lowest BCUT2D eigenvalue weighted by Crippen LogP contribution is -2.49. The number of halogens is 1. The number of nitrogens with one attached hydrogen (secondary N) is 1. The molecule has 0 aromatic carbocycles. The second-order valence-corrected chi connectivity index (χ2v) is 8.64. The van der Waals surface area contributed by atoms with Crippen molar-refractivity contribution in [2.45, 2.75) is 46.6 Å². The molecule has 2 aromatic rings. The van der Waals surface area contributed by atoms with Crippen LogP contribution < -0.4 is 5.32 Å². The van der Waals surface area contributed by atoms with Gasteiger partial charge in [-0.25, -0.2) is 0 Å². The molecular weight excluding hydrogens is 483 g/mol. The van der Waals surface area contributed by atoms with Crippen LogP contribution in [0.1, 0.15) is 37.9 Å². The summed E-state index contributed by atoms with van der Waals surface area (Å²) in [5.41, 5.74) is 0. The predicted octanol–water partition coefficient (Wildman–Crippen LogP) is 3.69. The van der Waals surface area contributed by atoms with Gasteiger partial charge in [0.05, 0.1) is 0 Å². The van der Waals surface area contributed by atoms with E-state index in [0.717, 1.165) is 57.3 Å². The van der Waals surface area contributed by atoms with Crippen LogP contribution in [0.25, 0.3) is 0 Å². The maximum atomic E-state index is 4.95. The van der Waals surface area contributed by atoms with E-state index in [1.165, 1.54) is 11.3 Å². The molecule has 8 heteroatoms. The third-order valence-corrected chi connectivity index (χ3v) is 5.95. The van der Waals surface area contributed by atoms with Crippen molar-refractivity contribution in [1.82, 2.24) is 25.0 Å². The highest BCUT2D eigenvalue weighted by Gasteiger charge is 2.24. The van der Waals surface area contributed by atoms with Gasteiger partial charge in [-0.1, -0.05) is 26.8 Å². The Hall–Kier alpha value is -1.16. The molecule has 0 spiro atoms. The fraction of sp³-hybridized carbons (Fsp3) is 0.650. The second kappa shape index (κ2) is 11.7. The minimum absolute atomic E-state index is 0. The number of thiophene rings is 1. The summed E-state index contributed by atoms with van der Waals surface area (Å²) in [7, 11) is 0. The molecule has 1 fully saturated rings. The Labute approximate surface area is 189 Å². The van der Waals surface area contributed by atoms with Crippen LogP contribution in [0.4, 0.5) is 0 Å². The maximum absolute atomic E-state index is 4.95. The van der Waals surface area contributed by atoms with E-state index in [0.29, 0.717) is 11.8 Å². The van der Waals surface area contributed by atoms with E-state index in [-0.39, 0.29) is 24.0 Å². The standard InChI is InChI=1S/C20H32N6S.HI/c1-4-19-24-23-15-25(19)10-9-22-20(21-8-7-18-6-5-11-27-18)26-13-16(2)12-17(3)14-26;/h5-6,11,15-17H,4,7-10,12-14H2,1-3H3,(H,21,22);1H. The van der Waals surface area contributed by atoms with Crippen LogP contribution in [-0.2, 0) is 19.4 Å². The highest BCUT2D eigenvalue weighted by atomic mass is 127. The predicted molar refractivity (Wildman–Crippen MR) is 128 cm³/mol. The monoisotopic (exact) mass is 516 g/mol. The molecule has 0 aliphatic carbocycles. The molecule has 1 saturated heterocycles. The average molecular weight is 516 g/mol. The van der Waals surface area contributed by atoms with Crippen molar-refractivity contribution < 1.29 is 0 Å². The average Bonchev–Trinajstić information content (AvgIpc) is 3.31. The van der Waals surface area contributed by atoms with Gasteiger partial charge in [0.2, 0.25) is 0 Å². The first-order valence-electron chi connectivity index (χ1n) is 10.1. The summed E-state index contributed by atoms with van der Waals surface area (Å²) in [6, 6.07) is 4.30. The molecule has 1 N–H and O–H groups in total. The van der Waals surface area contributed by atoms with Crippen LogP contribution in [0, 0.1) is 11.8 Å². The fourth-order valence-corrected chi connectivity index (χ4v) is 4.56. The van der Waals surface area contributed by atoms with Crippen LogP contribution in [-0.4, -0.2) is 51.8 Å². The molecule has 1 aliphatic rings. The Balaban J connectivity index is 0.00000280. The summed E-state index contributed by atoms with van der Waals surface area (Å²) in [6.45, 7) is 11.5. The van der Waals surface area contributed by atoms with Gasteiger partial charge in [0.15, 0.2) is 5.96 Å². The Morgan fingerprint density at radius 1 is 1.32 bits per heavy atom. The van der Waals surface area contributed by atoms with Gasteiger partial charge < -0.3 is 14.8 Å². The van der Waals surface area contributed by atoms with E-state index >= 15 is 0 Å². The van der Waals surface area contributed by atoms with Crippen LogP contribution in [0.2, 0.25) is 0 Å². The fourth-order valence-electron chi connectivity index (χ4n) is 3.86. The van der Waals surface area contributed by atoms with Crippen molar-refractivity contribution in [3.05, 3.63) is 34.5 Å². The zero-order valence-electron chi connectivity index (χ0n) is 17.2. The smallest absolute Gasteiger partial charge is 0.194 e. The number of aromatic nitrogens is 3. The first-order valence-corrected chi connectivity index (χ1v) is 11.0. The molecule has 0 saturated carbocycles. The number of hydrogen-bond donors (Lipinski definition) is 1. The van der Waals surface area contributed by atoms with Crippen molar-refractivity contribution in [1.29, 1.82) is 0 Å². The highest BCUT2D eigenvalue weighted by Crippen LogP contribution is 2.21. The quantitative estimate of drug-likeness (QED) is 0.347. The highest BCUT2D eigenvalue weighted by molar-refractivity contribution is 14.0. The summed E-state index contributed by atoms with van der Waals surface area (Å²) in [6.07, 6.45) is 5.04. The Bertz CT molecular complexity index is 704. The number of likely N-dealkylation sites (tertiary alicyclic amines) is 1. The van der Waals surface area contributed by atoms with Crippen molar-refractivity contribution in [3.8, 4) is 0 Å². The molecule has 0 bridgehead atoms. The van der Waals surface area contributed by atoms with E-state index < -0.39 is 0 Å². The van der Waals surface area contributed by atoms with Gasteiger partial charge in [0, 0.05) is 50.4 Å². The molecule has 6 nitrogen and oxygen atoms in total. The molecule has 156 valence electrons. The Morgan fingerprint density at radius 3 is 2.79 bits per heavy atom. The van der Waals surface area contributed by atoms with Gasteiger partial charge in [0.1, 0.15) is 12.2 Å². The van der Waals surface area contributed by atoms with Crippen LogP contribution in [0.3, 0.4) is 0 Å². The zero-order valence-corrected chi connectivity index (χ0v) is 20.3. The number of guanidine groups is 1. The molecule has 1 aliphatic heterocycles. The Morgan fingerprint density at radius 2 is 2.11 bits per heavy atom. The van der Waals surface area contributed by atoms with Crippen LogP contribution in [0.15, 0.2) is 28.8 Å². The van der Waals surface area contributed by atoms with Crippen LogP contribution in [0.5, 0.6) is 0 Å². The minimum atomic E-state index is 0. The van der Waals surface area contributed by atoms with Gasteiger partial charge in [-0.2, -0.15) is 0 Å². The molecule has 2 atom stereocenters. The number of nitrogens with zero attached hydrogens (tertiary/aromatic N) is 5. The molecule has 0 amide bonds. The third kappa shape index (κ3) is 6.72. The van der Waals surface area contributed by atoms with Crippen LogP contribution >= 0.6 is 35.3 Å². The van der Waals surface area contributed by atoms with Gasteiger partial charge >= 0.3 is 0 Å². The normalized spacial score (nSPS) is 20.1. The van der Waals surface area contributed by atoms with E-state index in [1.807, 2.05) is 17.7 Å². The topological polar surface area (TPSA) is 58.3 Å². The largest absolute Gasteiger partial charge is 0.354 e. The minimum Gasteiger partial charge on any atom is -0.354 e. The second-order valence-electron chi connectivity index (χ2n) is 7.61. The van der Waals surface area contributed by atoms with E-state index in [4.69, 9.17) is 4.99 Å². The summed E-state index contributed by atoms with van der Waals surface area (Å²) < 4.78 is 2.12. The lowest BCUT2D eigenvalue weighted by molar-refractivity contribution is 0.208. The molecule has 2 unspecified atom stereocenters. The SMILES string of the molecule is CCc1nncn1CCNC(=NCCc1cccs1)N1CC(C)CC(C)C1.I. The zero-order chi connectivity index (χ0) is 19.1. The number of aryl methyl sites for hydroxylation is 1. The summed E-state index contributed by atoms with van der Waals surface area (Å²) in [4.78, 5) is 8.79. The molecule has 0 radical (unpaired) electrons. The molecule has 3 rings (SSSR count).